The number of fused-ring (bicyclic) bond motifs is 1. The van der Waals surface area contributed by atoms with E-state index in [9.17, 15) is 9.59 Å². The average Bonchev–Trinajstić information content (AvgIpc) is 3.84. The molecule has 8 heteroatoms. The number of nitrogens with zero attached hydrogens (tertiary/aromatic N) is 4. The second kappa shape index (κ2) is 11.6. The Hall–Kier alpha value is -4.46. The van der Waals surface area contributed by atoms with Gasteiger partial charge in [-0.2, -0.15) is 4.98 Å². The normalized spacial score (nSPS) is 18.5. The molecule has 4 aromatic rings. The van der Waals surface area contributed by atoms with Gasteiger partial charge in [-0.25, -0.2) is 4.98 Å². The number of anilines is 4. The molecule has 3 aromatic carbocycles. The number of aromatic nitrogens is 2. The van der Waals surface area contributed by atoms with Crippen LogP contribution in [0.5, 0.6) is 0 Å². The van der Waals surface area contributed by atoms with Crippen molar-refractivity contribution in [3.8, 4) is 0 Å². The van der Waals surface area contributed by atoms with Gasteiger partial charge in [0, 0.05) is 54.4 Å². The van der Waals surface area contributed by atoms with Crippen LogP contribution in [0.3, 0.4) is 0 Å². The lowest BCUT2D eigenvalue weighted by Gasteiger charge is -2.37. The average molecular weight is 549 g/mol. The molecule has 0 saturated heterocycles. The van der Waals surface area contributed by atoms with Crippen molar-refractivity contribution in [2.24, 2.45) is 5.92 Å². The van der Waals surface area contributed by atoms with E-state index < -0.39 is 0 Å². The van der Waals surface area contributed by atoms with Gasteiger partial charge in [0.1, 0.15) is 5.82 Å². The van der Waals surface area contributed by atoms with Gasteiger partial charge < -0.3 is 20.4 Å². The maximum Gasteiger partial charge on any atom is 0.258 e. The third kappa shape index (κ3) is 6.01. The molecule has 210 valence electrons. The van der Waals surface area contributed by atoms with Gasteiger partial charge >= 0.3 is 0 Å². The quantitative estimate of drug-likeness (QED) is 0.276. The van der Waals surface area contributed by atoms with Crippen LogP contribution in [0, 0.1) is 5.92 Å². The summed E-state index contributed by atoms with van der Waals surface area (Å²) >= 11 is 0. The fourth-order valence-electron chi connectivity index (χ4n) is 5.67. The van der Waals surface area contributed by atoms with Crippen LogP contribution in [-0.2, 0) is 4.79 Å². The summed E-state index contributed by atoms with van der Waals surface area (Å²) in [6, 6.07) is 25.5. The molecule has 0 bridgehead atoms. The molecule has 1 heterocycles. The van der Waals surface area contributed by atoms with Crippen LogP contribution in [0.25, 0.3) is 10.9 Å². The molecular formula is C33H36N6O2. The molecule has 8 nitrogen and oxygen atoms in total. The monoisotopic (exact) mass is 548 g/mol. The van der Waals surface area contributed by atoms with Crippen LogP contribution in [0.4, 0.5) is 23.1 Å². The zero-order chi connectivity index (χ0) is 28.3. The minimum atomic E-state index is -0.0522. The van der Waals surface area contributed by atoms with Gasteiger partial charge in [0.25, 0.3) is 5.91 Å². The second-order valence-corrected chi connectivity index (χ2v) is 11.3. The van der Waals surface area contributed by atoms with Crippen molar-refractivity contribution in [2.45, 2.75) is 50.6 Å². The molecule has 0 atom stereocenters. The Morgan fingerprint density at radius 3 is 2.27 bits per heavy atom. The van der Waals surface area contributed by atoms with Crippen LogP contribution in [-0.4, -0.2) is 48.0 Å². The Morgan fingerprint density at radius 2 is 1.54 bits per heavy atom. The molecule has 0 spiro atoms. The van der Waals surface area contributed by atoms with Gasteiger partial charge in [-0.05, 0) is 81.0 Å². The number of benzene rings is 3. The molecule has 2 N–H and O–H groups in total. The molecule has 0 aliphatic heterocycles. The molecule has 2 amide bonds. The zero-order valence-electron chi connectivity index (χ0n) is 23.6. The molecule has 2 fully saturated rings. The lowest BCUT2D eigenvalue weighted by molar-refractivity contribution is -0.117. The van der Waals surface area contributed by atoms with Crippen LogP contribution < -0.4 is 20.4 Å². The highest BCUT2D eigenvalue weighted by Crippen LogP contribution is 2.33. The highest BCUT2D eigenvalue weighted by atomic mass is 16.2. The molecule has 41 heavy (non-hydrogen) atoms. The van der Waals surface area contributed by atoms with E-state index >= 15 is 0 Å². The number of para-hydroxylation sites is 2. The molecule has 2 aliphatic carbocycles. The first kappa shape index (κ1) is 26.7. The second-order valence-electron chi connectivity index (χ2n) is 11.3. The smallest absolute Gasteiger partial charge is 0.258 e. The summed E-state index contributed by atoms with van der Waals surface area (Å²) in [7, 11) is 3.99. The molecular weight excluding hydrogens is 512 g/mol. The maximum absolute atomic E-state index is 14.0. The number of rotatable bonds is 8. The summed E-state index contributed by atoms with van der Waals surface area (Å²) in [6.07, 6.45) is 5.37. The van der Waals surface area contributed by atoms with E-state index in [0.717, 1.165) is 60.9 Å². The predicted molar refractivity (Wildman–Crippen MR) is 165 cm³/mol. The fraction of sp³-hybridized carbons (Fsp3) is 0.333. The van der Waals surface area contributed by atoms with Crippen LogP contribution in [0.2, 0.25) is 0 Å². The predicted octanol–water partition coefficient (Wildman–Crippen LogP) is 6.11. The third-order valence-corrected chi connectivity index (χ3v) is 7.98. The molecule has 1 aromatic heterocycles. The van der Waals surface area contributed by atoms with Crippen LogP contribution in [0.1, 0.15) is 48.9 Å². The maximum atomic E-state index is 14.0. The third-order valence-electron chi connectivity index (χ3n) is 7.98. The minimum Gasteiger partial charge on any atom is -0.362 e. The van der Waals surface area contributed by atoms with Gasteiger partial charge in [0.15, 0.2) is 0 Å². The van der Waals surface area contributed by atoms with E-state index in [1.165, 1.54) is 0 Å². The summed E-state index contributed by atoms with van der Waals surface area (Å²) in [5.41, 5.74) is 3.04. The number of hydrogen-bond donors (Lipinski definition) is 2. The standard InChI is InChI=1S/C33H36N6O2/c1-38(2)30-28-13-6-7-14-29(28)36-33(37-30)35-24-17-19-27(20-18-24)39(26-11-4-3-5-12-26)32(41)23-9-8-10-25(21-23)34-31(40)22-15-16-22/h3-14,21-22,24,27H,15-20H2,1-2H3,(H,34,40)(H,35,36,37)/t24-,27+. The van der Waals surface area contributed by atoms with E-state index in [1.54, 1.807) is 6.07 Å². The Labute approximate surface area is 240 Å². The molecule has 0 radical (unpaired) electrons. The molecule has 2 saturated carbocycles. The van der Waals surface area contributed by atoms with Gasteiger partial charge in [-0.1, -0.05) is 36.4 Å². The Kier molecular flexibility index (Phi) is 7.55. The zero-order valence-corrected chi connectivity index (χ0v) is 23.6. The Bertz CT molecular complexity index is 1540. The fourth-order valence-corrected chi connectivity index (χ4v) is 5.67. The number of carbonyl (C=O) groups is 2. The van der Waals surface area contributed by atoms with Gasteiger partial charge in [0.05, 0.1) is 5.52 Å². The van der Waals surface area contributed by atoms with Crippen molar-refractivity contribution in [1.82, 2.24) is 9.97 Å². The molecule has 2 aliphatic rings. The first-order valence-electron chi connectivity index (χ1n) is 14.5. The first-order valence-corrected chi connectivity index (χ1v) is 14.5. The lowest BCUT2D eigenvalue weighted by Crippen LogP contribution is -2.44. The number of nitrogens with one attached hydrogen (secondary N) is 2. The highest BCUT2D eigenvalue weighted by Gasteiger charge is 2.32. The molecule has 6 rings (SSSR count). The van der Waals surface area contributed by atoms with E-state index in [-0.39, 0.29) is 29.8 Å². The van der Waals surface area contributed by atoms with E-state index in [1.807, 2.05) is 96.7 Å². The van der Waals surface area contributed by atoms with Crippen LogP contribution >= 0.6 is 0 Å². The van der Waals surface area contributed by atoms with Crippen molar-refractivity contribution in [3.63, 3.8) is 0 Å². The van der Waals surface area contributed by atoms with Gasteiger partial charge in [-0.15, -0.1) is 0 Å². The van der Waals surface area contributed by atoms with Crippen molar-refractivity contribution in [1.29, 1.82) is 0 Å². The number of hydrogen-bond acceptors (Lipinski definition) is 6. The van der Waals surface area contributed by atoms with Gasteiger partial charge in [-0.3, -0.25) is 9.59 Å². The van der Waals surface area contributed by atoms with Crippen molar-refractivity contribution in [3.05, 3.63) is 84.4 Å². The summed E-state index contributed by atoms with van der Waals surface area (Å²) in [4.78, 5) is 39.9. The number of carbonyl (C=O) groups excluding carboxylic acids is 2. The van der Waals surface area contributed by atoms with Crippen molar-refractivity contribution in [2.75, 3.05) is 34.5 Å². The van der Waals surface area contributed by atoms with E-state index in [4.69, 9.17) is 9.97 Å². The van der Waals surface area contributed by atoms with Crippen molar-refractivity contribution >= 4 is 45.9 Å². The SMILES string of the molecule is CN(C)c1nc(N[C@H]2CC[C@@H](N(C(=O)c3cccc(NC(=O)C4CC4)c3)c3ccccc3)CC2)nc2ccccc12. The summed E-state index contributed by atoms with van der Waals surface area (Å²) in [5.74, 6) is 1.62. The van der Waals surface area contributed by atoms with E-state index in [0.29, 0.717) is 17.2 Å². The van der Waals surface area contributed by atoms with Gasteiger partial charge in [0.2, 0.25) is 11.9 Å². The Morgan fingerprint density at radius 1 is 0.805 bits per heavy atom. The van der Waals surface area contributed by atoms with Crippen LogP contribution in [0.15, 0.2) is 78.9 Å². The molecule has 0 unspecified atom stereocenters. The summed E-state index contributed by atoms with van der Waals surface area (Å²) in [5, 5.41) is 7.58. The Balaban J connectivity index is 1.18. The largest absolute Gasteiger partial charge is 0.362 e. The minimum absolute atomic E-state index is 0.0356. The first-order chi connectivity index (χ1) is 20.0. The number of amides is 2. The van der Waals surface area contributed by atoms with E-state index in [2.05, 4.69) is 10.6 Å². The van der Waals surface area contributed by atoms with Crippen molar-refractivity contribution < 1.29 is 9.59 Å². The topological polar surface area (TPSA) is 90.5 Å². The highest BCUT2D eigenvalue weighted by molar-refractivity contribution is 6.07. The summed E-state index contributed by atoms with van der Waals surface area (Å²) in [6.45, 7) is 0. The summed E-state index contributed by atoms with van der Waals surface area (Å²) < 4.78 is 0. The lowest BCUT2D eigenvalue weighted by atomic mass is 9.89.